The minimum absolute atomic E-state index is 0.0953. The highest BCUT2D eigenvalue weighted by atomic mass is 16.5. The summed E-state index contributed by atoms with van der Waals surface area (Å²) in [7, 11) is 0. The molecule has 2 aromatic rings. The maximum Gasteiger partial charge on any atom is 0.134 e. The van der Waals surface area contributed by atoms with Gasteiger partial charge in [-0.25, -0.2) is 0 Å². The molecule has 1 N–H and O–H groups in total. The standard InChI is InChI=1S/C17H23NO3/c1-2-8-18-15(12-20-14-7-9-19-11-14)17-10-13-5-3-4-6-16(13)21-17/h3-6,10,14-15,18H,2,7-9,11-12H2,1H3. The van der Waals surface area contributed by atoms with Crippen LogP contribution in [0.3, 0.4) is 0 Å². The minimum Gasteiger partial charge on any atom is -0.459 e. The molecule has 0 saturated carbocycles. The number of ether oxygens (including phenoxy) is 2. The Balaban J connectivity index is 1.70. The van der Waals surface area contributed by atoms with Crippen LogP contribution >= 0.6 is 0 Å². The summed E-state index contributed by atoms with van der Waals surface area (Å²) in [5.41, 5.74) is 0.931. The molecule has 2 unspecified atom stereocenters. The quantitative estimate of drug-likeness (QED) is 0.849. The summed E-state index contributed by atoms with van der Waals surface area (Å²) in [6.07, 6.45) is 2.30. The highest BCUT2D eigenvalue weighted by Crippen LogP contribution is 2.24. The second kappa shape index (κ2) is 7.07. The Morgan fingerprint density at radius 1 is 1.38 bits per heavy atom. The second-order valence-corrected chi connectivity index (χ2v) is 5.51. The molecular formula is C17H23NO3. The smallest absolute Gasteiger partial charge is 0.134 e. The van der Waals surface area contributed by atoms with Gasteiger partial charge in [-0.15, -0.1) is 0 Å². The Morgan fingerprint density at radius 3 is 3.05 bits per heavy atom. The van der Waals surface area contributed by atoms with Crippen LogP contribution in [0.25, 0.3) is 11.0 Å². The number of hydrogen-bond donors (Lipinski definition) is 1. The van der Waals surface area contributed by atoms with Crippen molar-refractivity contribution in [2.24, 2.45) is 0 Å². The maximum atomic E-state index is 5.97. The number of benzene rings is 1. The van der Waals surface area contributed by atoms with Gasteiger partial charge in [-0.1, -0.05) is 25.1 Å². The van der Waals surface area contributed by atoms with Crippen molar-refractivity contribution >= 4 is 11.0 Å². The zero-order valence-electron chi connectivity index (χ0n) is 12.5. The molecule has 0 radical (unpaired) electrons. The molecule has 4 nitrogen and oxygen atoms in total. The largest absolute Gasteiger partial charge is 0.459 e. The number of fused-ring (bicyclic) bond motifs is 1. The van der Waals surface area contributed by atoms with Crippen molar-refractivity contribution in [2.75, 3.05) is 26.4 Å². The molecule has 21 heavy (non-hydrogen) atoms. The Labute approximate surface area is 125 Å². The predicted molar refractivity (Wildman–Crippen MR) is 82.4 cm³/mol. The van der Waals surface area contributed by atoms with Crippen LogP contribution in [0.15, 0.2) is 34.7 Å². The fourth-order valence-corrected chi connectivity index (χ4v) is 2.61. The van der Waals surface area contributed by atoms with Crippen molar-refractivity contribution in [2.45, 2.75) is 31.9 Å². The lowest BCUT2D eigenvalue weighted by molar-refractivity contribution is 0.0269. The molecule has 0 aliphatic carbocycles. The minimum atomic E-state index is 0.0953. The van der Waals surface area contributed by atoms with Crippen LogP contribution < -0.4 is 5.32 Å². The van der Waals surface area contributed by atoms with Crippen LogP contribution in [0.2, 0.25) is 0 Å². The Morgan fingerprint density at radius 2 is 2.29 bits per heavy atom. The average molecular weight is 289 g/mol. The summed E-state index contributed by atoms with van der Waals surface area (Å²) in [5.74, 6) is 0.948. The molecule has 2 heterocycles. The molecule has 1 aromatic carbocycles. The zero-order chi connectivity index (χ0) is 14.5. The lowest BCUT2D eigenvalue weighted by Crippen LogP contribution is -2.28. The first-order chi connectivity index (χ1) is 10.4. The van der Waals surface area contributed by atoms with Crippen molar-refractivity contribution in [3.05, 3.63) is 36.1 Å². The monoisotopic (exact) mass is 289 g/mol. The fourth-order valence-electron chi connectivity index (χ4n) is 2.61. The van der Waals surface area contributed by atoms with Crippen LogP contribution in [0, 0.1) is 0 Å². The second-order valence-electron chi connectivity index (χ2n) is 5.51. The van der Waals surface area contributed by atoms with Crippen molar-refractivity contribution in [3.63, 3.8) is 0 Å². The van der Waals surface area contributed by atoms with E-state index in [9.17, 15) is 0 Å². The van der Waals surface area contributed by atoms with E-state index in [0.717, 1.165) is 42.7 Å². The van der Waals surface area contributed by atoms with E-state index in [4.69, 9.17) is 13.9 Å². The fraction of sp³-hybridized carbons (Fsp3) is 0.529. The van der Waals surface area contributed by atoms with E-state index in [1.807, 2.05) is 18.2 Å². The number of para-hydroxylation sites is 1. The molecule has 0 bridgehead atoms. The Bertz CT molecular complexity index is 527. The van der Waals surface area contributed by atoms with Gasteiger partial charge in [0, 0.05) is 12.0 Å². The van der Waals surface area contributed by atoms with Crippen molar-refractivity contribution in [1.29, 1.82) is 0 Å². The molecule has 0 spiro atoms. The van der Waals surface area contributed by atoms with Crippen molar-refractivity contribution in [3.8, 4) is 0 Å². The van der Waals surface area contributed by atoms with Crippen molar-refractivity contribution in [1.82, 2.24) is 5.32 Å². The summed E-state index contributed by atoms with van der Waals surface area (Å²) >= 11 is 0. The van der Waals surface area contributed by atoms with Gasteiger partial charge in [-0.2, -0.15) is 0 Å². The molecule has 1 fully saturated rings. The first kappa shape index (κ1) is 14.6. The summed E-state index contributed by atoms with van der Waals surface area (Å²) in [6, 6.07) is 10.3. The summed E-state index contributed by atoms with van der Waals surface area (Å²) < 4.78 is 17.3. The third-order valence-electron chi connectivity index (χ3n) is 3.82. The molecule has 3 rings (SSSR count). The third kappa shape index (κ3) is 3.64. The average Bonchev–Trinajstić information content (AvgIpc) is 3.16. The van der Waals surface area contributed by atoms with Crippen LogP contribution in [-0.4, -0.2) is 32.5 Å². The Kier molecular flexibility index (Phi) is 4.91. The van der Waals surface area contributed by atoms with Gasteiger partial charge in [0.05, 0.1) is 25.4 Å². The first-order valence-corrected chi connectivity index (χ1v) is 7.78. The zero-order valence-corrected chi connectivity index (χ0v) is 12.5. The molecule has 114 valence electrons. The van der Waals surface area contributed by atoms with Crippen LogP contribution in [0.5, 0.6) is 0 Å². The first-order valence-electron chi connectivity index (χ1n) is 7.78. The van der Waals surface area contributed by atoms with Crippen LogP contribution in [0.4, 0.5) is 0 Å². The molecule has 4 heteroatoms. The summed E-state index contributed by atoms with van der Waals surface area (Å²) in [6.45, 7) is 5.25. The predicted octanol–water partition coefficient (Wildman–Crippen LogP) is 3.28. The van der Waals surface area contributed by atoms with Crippen LogP contribution in [0.1, 0.15) is 31.6 Å². The molecule has 1 aliphatic heterocycles. The lowest BCUT2D eigenvalue weighted by atomic mass is 10.2. The molecule has 0 amide bonds. The van der Waals surface area contributed by atoms with E-state index in [0.29, 0.717) is 13.2 Å². The molecule has 1 aromatic heterocycles. The van der Waals surface area contributed by atoms with E-state index in [1.54, 1.807) is 0 Å². The van der Waals surface area contributed by atoms with E-state index in [2.05, 4.69) is 24.4 Å². The summed E-state index contributed by atoms with van der Waals surface area (Å²) in [4.78, 5) is 0. The lowest BCUT2D eigenvalue weighted by Gasteiger charge is -2.18. The van der Waals surface area contributed by atoms with Gasteiger partial charge in [-0.05, 0) is 31.5 Å². The number of nitrogens with one attached hydrogen (secondary N) is 1. The topological polar surface area (TPSA) is 43.6 Å². The summed E-state index contributed by atoms with van der Waals surface area (Å²) in [5, 5.41) is 4.65. The molecule has 2 atom stereocenters. The number of hydrogen-bond acceptors (Lipinski definition) is 4. The molecule has 1 saturated heterocycles. The highest BCUT2D eigenvalue weighted by Gasteiger charge is 2.21. The normalized spacial score (nSPS) is 20.1. The van der Waals surface area contributed by atoms with Gasteiger partial charge in [-0.3, -0.25) is 0 Å². The van der Waals surface area contributed by atoms with E-state index < -0.39 is 0 Å². The van der Waals surface area contributed by atoms with Gasteiger partial charge in [0.1, 0.15) is 11.3 Å². The van der Waals surface area contributed by atoms with E-state index in [-0.39, 0.29) is 12.1 Å². The highest BCUT2D eigenvalue weighted by molar-refractivity contribution is 5.77. The van der Waals surface area contributed by atoms with E-state index in [1.165, 1.54) is 0 Å². The number of rotatable bonds is 7. The van der Waals surface area contributed by atoms with Crippen LogP contribution in [-0.2, 0) is 9.47 Å². The van der Waals surface area contributed by atoms with Gasteiger partial charge in [0.25, 0.3) is 0 Å². The van der Waals surface area contributed by atoms with E-state index >= 15 is 0 Å². The molecular weight excluding hydrogens is 266 g/mol. The third-order valence-corrected chi connectivity index (χ3v) is 3.82. The SMILES string of the molecule is CCCNC(COC1CCOC1)c1cc2ccccc2o1. The van der Waals surface area contributed by atoms with Crippen molar-refractivity contribution < 1.29 is 13.9 Å². The number of furan rings is 1. The van der Waals surface area contributed by atoms with Gasteiger partial charge >= 0.3 is 0 Å². The molecule has 1 aliphatic rings. The maximum absolute atomic E-state index is 5.97. The van der Waals surface area contributed by atoms with Gasteiger partial charge < -0.3 is 19.2 Å². The van der Waals surface area contributed by atoms with Gasteiger partial charge in [0.2, 0.25) is 0 Å². The van der Waals surface area contributed by atoms with Gasteiger partial charge in [0.15, 0.2) is 0 Å². The Hall–Kier alpha value is -1.36.